The summed E-state index contributed by atoms with van der Waals surface area (Å²) < 4.78 is 0.867. The standard InChI is InChI=1S/C11H15BrO4/c12-9-3-1-8(2-4-9)10(16)11(5-13,6-14)7-15/h1-4,10,13-16H,5-7H2. The molecule has 1 unspecified atom stereocenters. The van der Waals surface area contributed by atoms with Gasteiger partial charge in [0.1, 0.15) is 0 Å². The SMILES string of the molecule is OCC(CO)(CO)C(O)c1ccc(Br)cc1. The Labute approximate surface area is 102 Å². The first-order valence-electron chi connectivity index (χ1n) is 4.86. The van der Waals surface area contributed by atoms with Crippen molar-refractivity contribution in [2.45, 2.75) is 6.10 Å². The Bertz CT molecular complexity index is 313. The molecule has 0 aliphatic rings. The van der Waals surface area contributed by atoms with Crippen LogP contribution in [-0.2, 0) is 0 Å². The summed E-state index contributed by atoms with van der Waals surface area (Å²) in [6.07, 6.45) is -1.11. The molecule has 1 rings (SSSR count). The van der Waals surface area contributed by atoms with Crippen molar-refractivity contribution in [3.63, 3.8) is 0 Å². The Morgan fingerprint density at radius 1 is 1.00 bits per heavy atom. The summed E-state index contributed by atoms with van der Waals surface area (Å²) in [7, 11) is 0. The van der Waals surface area contributed by atoms with Crippen LogP contribution in [0.5, 0.6) is 0 Å². The molecular weight excluding hydrogens is 276 g/mol. The van der Waals surface area contributed by atoms with Gasteiger partial charge >= 0.3 is 0 Å². The van der Waals surface area contributed by atoms with Gasteiger partial charge in [0, 0.05) is 4.47 Å². The second-order valence-electron chi connectivity index (χ2n) is 3.79. The van der Waals surface area contributed by atoms with Crippen LogP contribution in [0.4, 0.5) is 0 Å². The van der Waals surface area contributed by atoms with Crippen LogP contribution in [0, 0.1) is 5.41 Å². The summed E-state index contributed by atoms with van der Waals surface area (Å²) in [6, 6.07) is 6.83. The van der Waals surface area contributed by atoms with E-state index < -0.39 is 31.3 Å². The van der Waals surface area contributed by atoms with Gasteiger partial charge in [-0.3, -0.25) is 0 Å². The molecule has 90 valence electrons. The molecule has 16 heavy (non-hydrogen) atoms. The summed E-state index contributed by atoms with van der Waals surface area (Å²) in [6.45, 7) is -1.47. The highest BCUT2D eigenvalue weighted by Crippen LogP contribution is 2.33. The zero-order valence-corrected chi connectivity index (χ0v) is 10.3. The Kier molecular flexibility index (Phi) is 4.89. The normalized spacial score (nSPS) is 13.8. The molecule has 0 aliphatic heterocycles. The quantitative estimate of drug-likeness (QED) is 0.635. The molecule has 0 saturated heterocycles. The van der Waals surface area contributed by atoms with Gasteiger partial charge in [-0.05, 0) is 17.7 Å². The van der Waals surface area contributed by atoms with Crippen LogP contribution in [-0.4, -0.2) is 40.2 Å². The molecule has 0 aliphatic carbocycles. The van der Waals surface area contributed by atoms with Crippen molar-refractivity contribution in [2.24, 2.45) is 5.41 Å². The lowest BCUT2D eigenvalue weighted by Gasteiger charge is -2.32. The maximum atomic E-state index is 10.0. The maximum absolute atomic E-state index is 10.0. The molecule has 0 spiro atoms. The van der Waals surface area contributed by atoms with Crippen molar-refractivity contribution in [3.05, 3.63) is 34.3 Å². The van der Waals surface area contributed by atoms with Gasteiger partial charge < -0.3 is 20.4 Å². The molecule has 1 aromatic rings. The van der Waals surface area contributed by atoms with E-state index >= 15 is 0 Å². The molecule has 1 atom stereocenters. The van der Waals surface area contributed by atoms with Crippen molar-refractivity contribution >= 4 is 15.9 Å². The lowest BCUT2D eigenvalue weighted by Crippen LogP contribution is -2.40. The van der Waals surface area contributed by atoms with Crippen molar-refractivity contribution in [2.75, 3.05) is 19.8 Å². The lowest BCUT2D eigenvalue weighted by molar-refractivity contribution is -0.0852. The molecule has 0 heterocycles. The van der Waals surface area contributed by atoms with Crippen LogP contribution < -0.4 is 0 Å². The summed E-state index contributed by atoms with van der Waals surface area (Å²) in [5.74, 6) is 0. The summed E-state index contributed by atoms with van der Waals surface area (Å²) in [5.41, 5.74) is -0.770. The van der Waals surface area contributed by atoms with Crippen LogP contribution in [0.15, 0.2) is 28.7 Å². The van der Waals surface area contributed by atoms with Gasteiger partial charge in [0.25, 0.3) is 0 Å². The average Bonchev–Trinajstić information content (AvgIpc) is 2.33. The predicted octanol–water partition coefficient (Wildman–Crippen LogP) is 0.446. The first-order chi connectivity index (χ1) is 7.59. The third-order valence-corrected chi connectivity index (χ3v) is 3.24. The number of aliphatic hydroxyl groups excluding tert-OH is 4. The summed E-state index contributed by atoms with van der Waals surface area (Å²) in [4.78, 5) is 0. The van der Waals surface area contributed by atoms with E-state index in [1.54, 1.807) is 24.3 Å². The first-order valence-corrected chi connectivity index (χ1v) is 5.65. The van der Waals surface area contributed by atoms with Crippen LogP contribution in [0.3, 0.4) is 0 Å². The Balaban J connectivity index is 2.98. The fourth-order valence-corrected chi connectivity index (χ4v) is 1.67. The smallest absolute Gasteiger partial charge is 0.0912 e. The van der Waals surface area contributed by atoms with E-state index in [4.69, 9.17) is 0 Å². The Morgan fingerprint density at radius 2 is 1.44 bits per heavy atom. The van der Waals surface area contributed by atoms with Gasteiger partial charge in [-0.1, -0.05) is 28.1 Å². The molecule has 0 radical (unpaired) electrons. The molecule has 0 aromatic heterocycles. The number of hydrogen-bond donors (Lipinski definition) is 4. The van der Waals surface area contributed by atoms with Crippen LogP contribution in [0.1, 0.15) is 11.7 Å². The Hall–Kier alpha value is -0.460. The highest BCUT2D eigenvalue weighted by Gasteiger charge is 2.37. The minimum Gasteiger partial charge on any atom is -0.395 e. The predicted molar refractivity (Wildman–Crippen MR) is 62.8 cm³/mol. The minimum atomic E-state index is -1.31. The lowest BCUT2D eigenvalue weighted by atomic mass is 9.81. The fraction of sp³-hybridized carbons (Fsp3) is 0.455. The maximum Gasteiger partial charge on any atom is 0.0912 e. The van der Waals surface area contributed by atoms with Crippen molar-refractivity contribution in [3.8, 4) is 0 Å². The molecule has 4 N–H and O–H groups in total. The van der Waals surface area contributed by atoms with Crippen molar-refractivity contribution < 1.29 is 20.4 Å². The van der Waals surface area contributed by atoms with Crippen LogP contribution in [0.25, 0.3) is 0 Å². The highest BCUT2D eigenvalue weighted by atomic mass is 79.9. The topological polar surface area (TPSA) is 80.9 Å². The molecule has 1 aromatic carbocycles. The fourth-order valence-electron chi connectivity index (χ4n) is 1.41. The molecule has 0 fully saturated rings. The van der Waals surface area contributed by atoms with Gasteiger partial charge in [0.2, 0.25) is 0 Å². The van der Waals surface area contributed by atoms with E-state index in [2.05, 4.69) is 15.9 Å². The third kappa shape index (κ3) is 2.61. The molecule has 0 saturated carbocycles. The monoisotopic (exact) mass is 290 g/mol. The van der Waals surface area contributed by atoms with E-state index in [0.29, 0.717) is 5.56 Å². The summed E-state index contributed by atoms with van der Waals surface area (Å²) in [5, 5.41) is 37.5. The van der Waals surface area contributed by atoms with Gasteiger partial charge in [-0.2, -0.15) is 0 Å². The zero-order chi connectivity index (χ0) is 12.2. The van der Waals surface area contributed by atoms with Crippen molar-refractivity contribution in [1.29, 1.82) is 0 Å². The molecule has 4 nitrogen and oxygen atoms in total. The van der Waals surface area contributed by atoms with Gasteiger partial charge in [0.15, 0.2) is 0 Å². The van der Waals surface area contributed by atoms with Gasteiger partial charge in [0.05, 0.1) is 31.3 Å². The van der Waals surface area contributed by atoms with Gasteiger partial charge in [-0.25, -0.2) is 0 Å². The van der Waals surface area contributed by atoms with E-state index in [9.17, 15) is 20.4 Å². The van der Waals surface area contributed by atoms with Gasteiger partial charge in [-0.15, -0.1) is 0 Å². The first kappa shape index (κ1) is 13.6. The van der Waals surface area contributed by atoms with E-state index in [1.165, 1.54) is 0 Å². The van der Waals surface area contributed by atoms with Crippen LogP contribution in [0.2, 0.25) is 0 Å². The highest BCUT2D eigenvalue weighted by molar-refractivity contribution is 9.10. The van der Waals surface area contributed by atoms with Crippen molar-refractivity contribution in [1.82, 2.24) is 0 Å². The third-order valence-electron chi connectivity index (χ3n) is 2.71. The minimum absolute atomic E-state index is 0.489. The second kappa shape index (κ2) is 5.75. The molecule has 0 amide bonds. The Morgan fingerprint density at radius 3 is 1.81 bits per heavy atom. The average molecular weight is 291 g/mol. The summed E-state index contributed by atoms with van der Waals surface area (Å²) >= 11 is 3.27. The van der Waals surface area contributed by atoms with E-state index in [-0.39, 0.29) is 0 Å². The van der Waals surface area contributed by atoms with E-state index in [1.807, 2.05) is 0 Å². The number of halogens is 1. The number of rotatable bonds is 5. The second-order valence-corrected chi connectivity index (χ2v) is 4.71. The van der Waals surface area contributed by atoms with E-state index in [0.717, 1.165) is 4.47 Å². The zero-order valence-electron chi connectivity index (χ0n) is 8.67. The van der Waals surface area contributed by atoms with Crippen LogP contribution >= 0.6 is 15.9 Å². The number of benzene rings is 1. The number of hydrogen-bond acceptors (Lipinski definition) is 4. The molecule has 5 heteroatoms. The largest absolute Gasteiger partial charge is 0.395 e. The number of aliphatic hydroxyl groups is 4. The molecular formula is C11H15BrO4. The molecule has 0 bridgehead atoms.